The van der Waals surface area contributed by atoms with Gasteiger partial charge in [0.1, 0.15) is 5.52 Å². The fourth-order valence-electron chi connectivity index (χ4n) is 3.80. The van der Waals surface area contributed by atoms with Gasteiger partial charge in [-0.3, -0.25) is 4.79 Å². The third-order valence-electron chi connectivity index (χ3n) is 5.27. The Bertz CT molecular complexity index is 1000. The lowest BCUT2D eigenvalue weighted by Crippen LogP contribution is -2.38. The largest absolute Gasteiger partial charge is 0.423 e. The van der Waals surface area contributed by atoms with E-state index in [-0.39, 0.29) is 18.4 Å². The summed E-state index contributed by atoms with van der Waals surface area (Å²) in [6.45, 7) is 2.08. The topological polar surface area (TPSA) is 78.6 Å². The predicted octanol–water partition coefficient (Wildman–Crippen LogP) is 3.90. The Morgan fingerprint density at radius 1 is 1.28 bits per heavy atom. The number of aliphatic hydroxyl groups is 1. The number of piperidine rings is 1. The van der Waals surface area contributed by atoms with Crippen molar-refractivity contribution in [3.05, 3.63) is 58.6 Å². The summed E-state index contributed by atoms with van der Waals surface area (Å²) < 4.78 is 5.88. The van der Waals surface area contributed by atoms with E-state index in [1.54, 1.807) is 12.1 Å². The molecule has 4 rings (SSSR count). The van der Waals surface area contributed by atoms with Gasteiger partial charge in [0.05, 0.1) is 6.61 Å². The first-order chi connectivity index (χ1) is 14.1. The van der Waals surface area contributed by atoms with Crippen molar-refractivity contribution in [2.75, 3.05) is 18.0 Å². The highest BCUT2D eigenvalue weighted by Crippen LogP contribution is 2.28. The maximum atomic E-state index is 12.4. The summed E-state index contributed by atoms with van der Waals surface area (Å²) in [6.07, 6.45) is 2.48. The summed E-state index contributed by atoms with van der Waals surface area (Å²) >= 11 is 6.03. The molecule has 152 valence electrons. The van der Waals surface area contributed by atoms with E-state index < -0.39 is 0 Å². The van der Waals surface area contributed by atoms with E-state index in [9.17, 15) is 9.90 Å². The van der Waals surface area contributed by atoms with Crippen molar-refractivity contribution in [1.29, 1.82) is 0 Å². The third-order valence-corrected chi connectivity index (χ3v) is 5.50. The van der Waals surface area contributed by atoms with Crippen molar-refractivity contribution in [2.45, 2.75) is 32.4 Å². The van der Waals surface area contributed by atoms with E-state index in [1.807, 2.05) is 30.3 Å². The molecule has 2 heterocycles. The second-order valence-corrected chi connectivity index (χ2v) is 7.96. The van der Waals surface area contributed by atoms with E-state index in [0.29, 0.717) is 29.6 Å². The first-order valence-electron chi connectivity index (χ1n) is 9.87. The quantitative estimate of drug-likeness (QED) is 0.640. The average Bonchev–Trinajstić information content (AvgIpc) is 3.16. The number of benzene rings is 2. The molecule has 1 saturated heterocycles. The molecule has 0 saturated carbocycles. The predicted molar refractivity (Wildman–Crippen MR) is 113 cm³/mol. The molecule has 29 heavy (non-hydrogen) atoms. The number of oxazole rings is 1. The van der Waals surface area contributed by atoms with Crippen LogP contribution in [0.3, 0.4) is 0 Å². The highest BCUT2D eigenvalue weighted by atomic mass is 35.5. The van der Waals surface area contributed by atoms with Gasteiger partial charge in [-0.1, -0.05) is 35.9 Å². The number of aliphatic hydroxyl groups excluding tert-OH is 1. The number of halogens is 1. The summed E-state index contributed by atoms with van der Waals surface area (Å²) in [4.78, 5) is 19.1. The number of nitrogens with one attached hydrogen (secondary N) is 1. The molecule has 1 aromatic heterocycles. The minimum absolute atomic E-state index is 0.00171. The van der Waals surface area contributed by atoms with Gasteiger partial charge in [0.2, 0.25) is 5.91 Å². The fraction of sp³-hybridized carbons (Fsp3) is 0.364. The first kappa shape index (κ1) is 19.7. The van der Waals surface area contributed by atoms with Crippen LogP contribution in [-0.2, 0) is 17.9 Å². The summed E-state index contributed by atoms with van der Waals surface area (Å²) in [5, 5.41) is 12.8. The van der Waals surface area contributed by atoms with Crippen LogP contribution >= 0.6 is 11.6 Å². The van der Waals surface area contributed by atoms with Gasteiger partial charge in [-0.2, -0.15) is 4.98 Å². The number of hydrogen-bond acceptors (Lipinski definition) is 5. The molecule has 1 atom stereocenters. The lowest BCUT2D eigenvalue weighted by atomic mass is 9.94. The van der Waals surface area contributed by atoms with Crippen LogP contribution in [0.25, 0.3) is 11.1 Å². The second kappa shape index (κ2) is 8.84. The van der Waals surface area contributed by atoms with Crippen LogP contribution in [-0.4, -0.2) is 29.1 Å². The molecule has 1 amide bonds. The van der Waals surface area contributed by atoms with E-state index in [2.05, 4.69) is 15.2 Å². The number of fused-ring (bicyclic) bond motifs is 1. The van der Waals surface area contributed by atoms with Gasteiger partial charge >= 0.3 is 0 Å². The highest BCUT2D eigenvalue weighted by Gasteiger charge is 2.25. The highest BCUT2D eigenvalue weighted by molar-refractivity contribution is 6.31. The third kappa shape index (κ3) is 4.89. The van der Waals surface area contributed by atoms with Crippen molar-refractivity contribution in [1.82, 2.24) is 10.3 Å². The molecule has 0 bridgehead atoms. The van der Waals surface area contributed by atoms with Crippen LogP contribution in [0.5, 0.6) is 0 Å². The van der Waals surface area contributed by atoms with Crippen LogP contribution in [0, 0.1) is 5.92 Å². The Labute approximate surface area is 174 Å². The minimum Gasteiger partial charge on any atom is -0.423 e. The van der Waals surface area contributed by atoms with Gasteiger partial charge < -0.3 is 19.7 Å². The zero-order valence-electron chi connectivity index (χ0n) is 16.1. The Morgan fingerprint density at radius 3 is 3.00 bits per heavy atom. The maximum absolute atomic E-state index is 12.4. The van der Waals surface area contributed by atoms with E-state index in [1.165, 1.54) is 0 Å². The van der Waals surface area contributed by atoms with E-state index in [4.69, 9.17) is 16.0 Å². The lowest BCUT2D eigenvalue weighted by molar-refractivity contribution is -0.122. The van der Waals surface area contributed by atoms with Gasteiger partial charge in [-0.15, -0.1) is 0 Å². The fourth-order valence-corrected chi connectivity index (χ4v) is 3.96. The van der Waals surface area contributed by atoms with Crippen molar-refractivity contribution >= 4 is 34.6 Å². The van der Waals surface area contributed by atoms with E-state index >= 15 is 0 Å². The normalized spacial score (nSPS) is 16.9. The Balaban J connectivity index is 1.33. The monoisotopic (exact) mass is 413 g/mol. The maximum Gasteiger partial charge on any atom is 0.298 e. The standard InChI is InChI=1S/C22H24ClN3O3/c23-18-6-7-19-20(11-18)29-22(25-19)26-8-2-5-16(13-26)10-21(28)24-12-15-3-1-4-17(9-15)14-27/h1,3-4,6-7,9,11,16,27H,2,5,8,10,12-14H2,(H,24,28). The molecule has 1 aliphatic heterocycles. The van der Waals surface area contributed by atoms with Gasteiger partial charge in [-0.05, 0) is 42.0 Å². The molecule has 3 aromatic rings. The molecule has 0 spiro atoms. The van der Waals surface area contributed by atoms with Crippen LogP contribution in [0.2, 0.25) is 5.02 Å². The Morgan fingerprint density at radius 2 is 2.14 bits per heavy atom. The molecule has 0 aliphatic carbocycles. The van der Waals surface area contributed by atoms with Crippen LogP contribution in [0.15, 0.2) is 46.9 Å². The zero-order valence-corrected chi connectivity index (χ0v) is 16.9. The average molecular weight is 414 g/mol. The Hall–Kier alpha value is -2.57. The Kier molecular flexibility index (Phi) is 6.02. The summed E-state index contributed by atoms with van der Waals surface area (Å²) in [6, 6.07) is 13.6. The van der Waals surface area contributed by atoms with Gasteiger partial charge in [0.15, 0.2) is 5.58 Å². The summed E-state index contributed by atoms with van der Waals surface area (Å²) in [5.74, 6) is 0.293. The van der Waals surface area contributed by atoms with Crippen LogP contribution < -0.4 is 10.2 Å². The second-order valence-electron chi connectivity index (χ2n) is 7.52. The number of hydrogen-bond donors (Lipinski definition) is 2. The molecule has 1 fully saturated rings. The summed E-state index contributed by atoms with van der Waals surface area (Å²) in [7, 11) is 0. The van der Waals surface area contributed by atoms with Gasteiger partial charge in [-0.25, -0.2) is 0 Å². The smallest absolute Gasteiger partial charge is 0.298 e. The first-order valence-corrected chi connectivity index (χ1v) is 10.2. The number of anilines is 1. The zero-order chi connectivity index (χ0) is 20.2. The molecular weight excluding hydrogens is 390 g/mol. The van der Waals surface area contributed by atoms with Crippen LogP contribution in [0.1, 0.15) is 30.4 Å². The van der Waals surface area contributed by atoms with Crippen LogP contribution in [0.4, 0.5) is 6.01 Å². The number of amides is 1. The van der Waals surface area contributed by atoms with Gasteiger partial charge in [0.25, 0.3) is 6.01 Å². The molecule has 6 nitrogen and oxygen atoms in total. The molecule has 2 N–H and O–H groups in total. The van der Waals surface area contributed by atoms with Crippen molar-refractivity contribution in [2.24, 2.45) is 5.92 Å². The molecule has 1 aliphatic rings. The summed E-state index contributed by atoms with van der Waals surface area (Å²) in [5.41, 5.74) is 3.30. The molecule has 2 aromatic carbocycles. The molecule has 7 heteroatoms. The van der Waals surface area contributed by atoms with Crippen molar-refractivity contribution in [3.63, 3.8) is 0 Å². The molecule has 1 unspecified atom stereocenters. The SMILES string of the molecule is O=C(CC1CCCN(c2nc3ccc(Cl)cc3o2)C1)NCc1cccc(CO)c1. The molecule has 0 radical (unpaired) electrons. The number of rotatable bonds is 6. The number of aromatic nitrogens is 1. The van der Waals surface area contributed by atoms with Crippen molar-refractivity contribution in [3.8, 4) is 0 Å². The molecular formula is C22H24ClN3O3. The van der Waals surface area contributed by atoms with E-state index in [0.717, 1.165) is 42.6 Å². The number of carbonyl (C=O) groups is 1. The number of carbonyl (C=O) groups excluding carboxylic acids is 1. The number of nitrogens with zero attached hydrogens (tertiary/aromatic N) is 2. The van der Waals surface area contributed by atoms with Gasteiger partial charge in [0, 0.05) is 37.1 Å². The van der Waals surface area contributed by atoms with Crippen molar-refractivity contribution < 1.29 is 14.3 Å². The lowest BCUT2D eigenvalue weighted by Gasteiger charge is -2.31. The minimum atomic E-state index is 0.00171.